The molecular formula is C13H23N3O2S. The Bertz CT molecular complexity index is 380. The standard InChI is InChI=1S/C13H23N3O2S/c1-5-6-8-18-9-7-14-10-11-12(17-4)15-13(19-11)16(2)3/h5,14H,1,6-10H2,2-4H3. The molecule has 6 heteroatoms. The number of rotatable bonds is 10. The second-order valence-electron chi connectivity index (χ2n) is 4.19. The third-order valence-electron chi connectivity index (χ3n) is 2.40. The van der Waals surface area contributed by atoms with Crippen LogP contribution in [0.25, 0.3) is 0 Å². The van der Waals surface area contributed by atoms with E-state index in [1.807, 2.05) is 25.1 Å². The molecule has 5 nitrogen and oxygen atoms in total. The van der Waals surface area contributed by atoms with Gasteiger partial charge in [0.15, 0.2) is 5.13 Å². The predicted molar refractivity (Wildman–Crippen MR) is 80.3 cm³/mol. The summed E-state index contributed by atoms with van der Waals surface area (Å²) in [5.74, 6) is 0.703. The first-order valence-corrected chi connectivity index (χ1v) is 7.11. The zero-order valence-electron chi connectivity index (χ0n) is 11.9. The van der Waals surface area contributed by atoms with Crippen molar-refractivity contribution in [2.24, 2.45) is 0 Å². The zero-order chi connectivity index (χ0) is 14.1. The lowest BCUT2D eigenvalue weighted by atomic mass is 10.4. The minimum atomic E-state index is 0.703. The van der Waals surface area contributed by atoms with Gasteiger partial charge in [0.1, 0.15) is 0 Å². The first-order chi connectivity index (χ1) is 9.19. The van der Waals surface area contributed by atoms with Crippen molar-refractivity contribution >= 4 is 16.5 Å². The maximum atomic E-state index is 5.43. The molecule has 1 rings (SSSR count). The third-order valence-corrected chi connectivity index (χ3v) is 3.61. The van der Waals surface area contributed by atoms with Crippen LogP contribution in [-0.2, 0) is 11.3 Å². The monoisotopic (exact) mass is 285 g/mol. The molecule has 0 saturated carbocycles. The van der Waals surface area contributed by atoms with Gasteiger partial charge in [-0.3, -0.25) is 0 Å². The molecule has 0 aromatic carbocycles. The van der Waals surface area contributed by atoms with E-state index in [1.165, 1.54) is 0 Å². The molecule has 1 heterocycles. The van der Waals surface area contributed by atoms with Crippen LogP contribution < -0.4 is 15.0 Å². The lowest BCUT2D eigenvalue weighted by Crippen LogP contribution is -2.19. The summed E-state index contributed by atoms with van der Waals surface area (Å²) >= 11 is 1.64. The fourth-order valence-electron chi connectivity index (χ4n) is 1.40. The van der Waals surface area contributed by atoms with Gasteiger partial charge in [-0.1, -0.05) is 17.4 Å². The molecule has 0 atom stereocenters. The summed E-state index contributed by atoms with van der Waals surface area (Å²) in [7, 11) is 5.60. The van der Waals surface area contributed by atoms with Crippen molar-refractivity contribution < 1.29 is 9.47 Å². The van der Waals surface area contributed by atoms with Gasteiger partial charge in [-0.05, 0) is 6.42 Å². The zero-order valence-corrected chi connectivity index (χ0v) is 12.8. The minimum Gasteiger partial charge on any atom is -0.480 e. The van der Waals surface area contributed by atoms with E-state index in [0.29, 0.717) is 12.5 Å². The van der Waals surface area contributed by atoms with Crippen molar-refractivity contribution in [2.45, 2.75) is 13.0 Å². The molecule has 0 aliphatic rings. The molecule has 19 heavy (non-hydrogen) atoms. The van der Waals surface area contributed by atoms with E-state index in [2.05, 4.69) is 16.9 Å². The number of aromatic nitrogens is 1. The summed E-state index contributed by atoms with van der Waals surface area (Å²) in [4.78, 5) is 7.50. The SMILES string of the molecule is C=CCCOCCNCc1sc(N(C)C)nc1OC. The third kappa shape index (κ3) is 5.59. The summed E-state index contributed by atoms with van der Waals surface area (Å²) in [6, 6.07) is 0. The van der Waals surface area contributed by atoms with Crippen LogP contribution in [0.2, 0.25) is 0 Å². The molecule has 0 radical (unpaired) electrons. The summed E-state index contributed by atoms with van der Waals surface area (Å²) in [6.07, 6.45) is 2.76. The lowest BCUT2D eigenvalue weighted by Gasteiger charge is -2.05. The number of methoxy groups -OCH3 is 1. The maximum absolute atomic E-state index is 5.43. The van der Waals surface area contributed by atoms with Crippen molar-refractivity contribution in [3.05, 3.63) is 17.5 Å². The van der Waals surface area contributed by atoms with Crippen LogP contribution in [0, 0.1) is 0 Å². The molecule has 1 aromatic rings. The highest BCUT2D eigenvalue weighted by molar-refractivity contribution is 7.15. The molecular weight excluding hydrogens is 262 g/mol. The van der Waals surface area contributed by atoms with E-state index in [4.69, 9.17) is 9.47 Å². The van der Waals surface area contributed by atoms with Crippen molar-refractivity contribution in [1.82, 2.24) is 10.3 Å². The van der Waals surface area contributed by atoms with Gasteiger partial charge in [0, 0.05) is 27.2 Å². The molecule has 108 valence electrons. The van der Waals surface area contributed by atoms with Crippen molar-refractivity contribution in [2.75, 3.05) is 45.9 Å². The second-order valence-corrected chi connectivity index (χ2v) is 5.25. The highest BCUT2D eigenvalue weighted by Gasteiger charge is 2.12. The van der Waals surface area contributed by atoms with Crippen LogP contribution in [0.4, 0.5) is 5.13 Å². The molecule has 0 spiro atoms. The second kappa shape index (κ2) is 8.90. The van der Waals surface area contributed by atoms with Gasteiger partial charge in [0.2, 0.25) is 5.88 Å². The lowest BCUT2D eigenvalue weighted by molar-refractivity contribution is 0.140. The van der Waals surface area contributed by atoms with Crippen LogP contribution >= 0.6 is 11.3 Å². The molecule has 0 fully saturated rings. The van der Waals surface area contributed by atoms with Gasteiger partial charge >= 0.3 is 0 Å². The molecule has 0 aliphatic carbocycles. The maximum Gasteiger partial charge on any atom is 0.230 e. The Morgan fingerprint density at radius 1 is 1.42 bits per heavy atom. The number of nitrogens with zero attached hydrogens (tertiary/aromatic N) is 2. The Kier molecular flexibility index (Phi) is 7.47. The van der Waals surface area contributed by atoms with Gasteiger partial charge in [0.25, 0.3) is 0 Å². The number of nitrogens with one attached hydrogen (secondary N) is 1. The molecule has 0 unspecified atom stereocenters. The van der Waals surface area contributed by atoms with Gasteiger partial charge < -0.3 is 19.7 Å². The van der Waals surface area contributed by atoms with E-state index < -0.39 is 0 Å². The van der Waals surface area contributed by atoms with E-state index in [9.17, 15) is 0 Å². The number of hydrogen-bond donors (Lipinski definition) is 1. The van der Waals surface area contributed by atoms with Crippen LogP contribution in [0.5, 0.6) is 5.88 Å². The van der Waals surface area contributed by atoms with Crippen LogP contribution in [0.1, 0.15) is 11.3 Å². The number of thiazole rings is 1. The fourth-order valence-corrected chi connectivity index (χ4v) is 2.33. The minimum absolute atomic E-state index is 0.703. The van der Waals surface area contributed by atoms with E-state index >= 15 is 0 Å². The summed E-state index contributed by atoms with van der Waals surface area (Å²) in [5, 5.41) is 4.28. The Labute approximate surface area is 119 Å². The van der Waals surface area contributed by atoms with E-state index in [1.54, 1.807) is 18.4 Å². The summed E-state index contributed by atoms with van der Waals surface area (Å²) in [5.41, 5.74) is 0. The van der Waals surface area contributed by atoms with Crippen molar-refractivity contribution in [3.8, 4) is 5.88 Å². The number of hydrogen-bond acceptors (Lipinski definition) is 6. The van der Waals surface area contributed by atoms with Crippen molar-refractivity contribution in [1.29, 1.82) is 0 Å². The largest absolute Gasteiger partial charge is 0.480 e. The Balaban J connectivity index is 2.30. The first kappa shape index (κ1) is 15.9. The molecule has 0 aliphatic heterocycles. The Hall–Kier alpha value is -1.11. The fraction of sp³-hybridized carbons (Fsp3) is 0.615. The van der Waals surface area contributed by atoms with Gasteiger partial charge in [-0.15, -0.1) is 6.58 Å². The van der Waals surface area contributed by atoms with Gasteiger partial charge in [-0.25, -0.2) is 0 Å². The van der Waals surface area contributed by atoms with Crippen LogP contribution in [0.15, 0.2) is 12.7 Å². The molecule has 1 N–H and O–H groups in total. The average Bonchev–Trinajstić information content (AvgIpc) is 2.81. The Morgan fingerprint density at radius 3 is 2.84 bits per heavy atom. The molecule has 0 bridgehead atoms. The van der Waals surface area contributed by atoms with Gasteiger partial charge in [0.05, 0.1) is 25.2 Å². The van der Waals surface area contributed by atoms with Crippen LogP contribution in [-0.4, -0.2) is 45.9 Å². The molecule has 0 saturated heterocycles. The van der Waals surface area contributed by atoms with Crippen LogP contribution in [0.3, 0.4) is 0 Å². The van der Waals surface area contributed by atoms with Gasteiger partial charge in [-0.2, -0.15) is 4.98 Å². The summed E-state index contributed by atoms with van der Waals surface area (Å²) < 4.78 is 10.7. The van der Waals surface area contributed by atoms with Crippen molar-refractivity contribution in [3.63, 3.8) is 0 Å². The highest BCUT2D eigenvalue weighted by atomic mass is 32.1. The number of ether oxygens (including phenoxy) is 2. The summed E-state index contributed by atoms with van der Waals surface area (Å²) in [6.45, 7) is 6.66. The highest BCUT2D eigenvalue weighted by Crippen LogP contribution is 2.29. The predicted octanol–water partition coefficient (Wildman–Crippen LogP) is 1.90. The number of anilines is 1. The van der Waals surface area contributed by atoms with E-state index in [-0.39, 0.29) is 0 Å². The average molecular weight is 285 g/mol. The molecule has 1 aromatic heterocycles. The smallest absolute Gasteiger partial charge is 0.230 e. The first-order valence-electron chi connectivity index (χ1n) is 6.29. The topological polar surface area (TPSA) is 46.6 Å². The van der Waals surface area contributed by atoms with E-state index in [0.717, 1.165) is 36.1 Å². The normalized spacial score (nSPS) is 10.5. The molecule has 0 amide bonds. The Morgan fingerprint density at radius 2 is 2.21 bits per heavy atom. The quantitative estimate of drug-likeness (QED) is 0.525.